The molecule has 0 aliphatic rings. The average molecular weight is 387 g/mol. The van der Waals surface area contributed by atoms with Crippen LogP contribution in [0.15, 0.2) is 83.8 Å². The second kappa shape index (κ2) is 7.35. The first kappa shape index (κ1) is 18.1. The van der Waals surface area contributed by atoms with Crippen molar-refractivity contribution >= 4 is 17.3 Å². The van der Waals surface area contributed by atoms with Crippen molar-refractivity contribution in [3.63, 3.8) is 0 Å². The monoisotopic (exact) mass is 387 g/mol. The zero-order chi connectivity index (χ0) is 20.4. The predicted molar refractivity (Wildman–Crippen MR) is 105 cm³/mol. The molecule has 0 aliphatic carbocycles. The number of esters is 1. The number of pyridine rings is 1. The number of aromatic nitrogens is 2. The van der Waals surface area contributed by atoms with E-state index < -0.39 is 16.5 Å². The number of rotatable bonds is 4. The van der Waals surface area contributed by atoms with Gasteiger partial charge in [-0.15, -0.1) is 0 Å². The molecule has 2 aromatic heterocycles. The van der Waals surface area contributed by atoms with Gasteiger partial charge in [0, 0.05) is 23.9 Å². The van der Waals surface area contributed by atoms with Gasteiger partial charge in [0.2, 0.25) is 5.75 Å². The summed E-state index contributed by atoms with van der Waals surface area (Å²) < 4.78 is 6.70. The highest BCUT2D eigenvalue weighted by Crippen LogP contribution is 2.26. The van der Waals surface area contributed by atoms with Crippen LogP contribution in [-0.4, -0.2) is 20.3 Å². The van der Waals surface area contributed by atoms with E-state index in [-0.39, 0.29) is 22.7 Å². The summed E-state index contributed by atoms with van der Waals surface area (Å²) in [7, 11) is 0. The number of hydrogen-bond donors (Lipinski definition) is 0. The molecule has 0 bridgehead atoms. The van der Waals surface area contributed by atoms with Gasteiger partial charge in [-0.05, 0) is 24.3 Å². The van der Waals surface area contributed by atoms with Crippen LogP contribution in [-0.2, 0) is 0 Å². The lowest BCUT2D eigenvalue weighted by molar-refractivity contribution is -0.384. The number of fused-ring (bicyclic) bond motifs is 1. The number of ether oxygens (including phenoxy) is 1. The number of carbonyl (C=O) groups excluding carboxylic acids is 1. The fraction of sp³-hybridized carbons (Fsp3) is 0. The maximum absolute atomic E-state index is 13.0. The van der Waals surface area contributed by atoms with Gasteiger partial charge < -0.3 is 4.74 Å². The third-order valence-electron chi connectivity index (χ3n) is 4.25. The molecule has 2 heterocycles. The summed E-state index contributed by atoms with van der Waals surface area (Å²) >= 11 is 0. The van der Waals surface area contributed by atoms with Gasteiger partial charge >= 0.3 is 11.5 Å². The van der Waals surface area contributed by atoms with Crippen molar-refractivity contribution in [3.8, 4) is 17.0 Å². The molecule has 0 radical (unpaired) electrons. The van der Waals surface area contributed by atoms with Crippen molar-refractivity contribution in [2.75, 3.05) is 0 Å². The lowest BCUT2D eigenvalue weighted by Gasteiger charge is -2.11. The van der Waals surface area contributed by atoms with Crippen molar-refractivity contribution in [2.45, 2.75) is 0 Å². The third-order valence-corrected chi connectivity index (χ3v) is 4.25. The van der Waals surface area contributed by atoms with E-state index in [1.807, 2.05) is 6.07 Å². The molecule has 4 aromatic rings. The highest BCUT2D eigenvalue weighted by Gasteiger charge is 2.20. The summed E-state index contributed by atoms with van der Waals surface area (Å²) in [6.07, 6.45) is 1.53. The fourth-order valence-corrected chi connectivity index (χ4v) is 2.83. The second-order valence-electron chi connectivity index (χ2n) is 6.08. The Morgan fingerprint density at radius 2 is 1.66 bits per heavy atom. The van der Waals surface area contributed by atoms with Gasteiger partial charge in [-0.2, -0.15) is 0 Å². The Labute approximate surface area is 163 Å². The smallest absolute Gasteiger partial charge is 0.343 e. The van der Waals surface area contributed by atoms with Crippen LogP contribution in [0.1, 0.15) is 10.4 Å². The van der Waals surface area contributed by atoms with E-state index in [1.54, 1.807) is 42.5 Å². The molecule has 0 atom stereocenters. The van der Waals surface area contributed by atoms with E-state index in [0.29, 0.717) is 11.2 Å². The Kier molecular flexibility index (Phi) is 4.58. The Bertz CT molecular complexity index is 1280. The second-order valence-corrected chi connectivity index (χ2v) is 6.08. The zero-order valence-corrected chi connectivity index (χ0v) is 14.9. The molecule has 0 unspecified atom stereocenters. The molecule has 4 rings (SSSR count). The number of nitrogens with zero attached hydrogens (tertiary/aromatic N) is 3. The van der Waals surface area contributed by atoms with Gasteiger partial charge in [0.05, 0.1) is 10.5 Å². The first-order valence-corrected chi connectivity index (χ1v) is 8.58. The third kappa shape index (κ3) is 3.46. The van der Waals surface area contributed by atoms with Gasteiger partial charge in [-0.1, -0.05) is 36.4 Å². The van der Waals surface area contributed by atoms with Crippen LogP contribution < -0.4 is 10.3 Å². The summed E-state index contributed by atoms with van der Waals surface area (Å²) in [4.78, 5) is 40.3. The van der Waals surface area contributed by atoms with E-state index in [0.717, 1.165) is 0 Å². The summed E-state index contributed by atoms with van der Waals surface area (Å²) in [5.74, 6) is -1.03. The molecule has 8 nitrogen and oxygen atoms in total. The molecule has 0 fully saturated rings. The number of nitro groups is 1. The van der Waals surface area contributed by atoms with E-state index >= 15 is 0 Å². The highest BCUT2D eigenvalue weighted by molar-refractivity contribution is 5.92. The topological polar surface area (TPSA) is 104 Å². The summed E-state index contributed by atoms with van der Waals surface area (Å²) in [6, 6.07) is 18.9. The quantitative estimate of drug-likeness (QED) is 0.302. The molecule has 8 heteroatoms. The summed E-state index contributed by atoms with van der Waals surface area (Å²) in [5.41, 5.74) is 0.641. The van der Waals surface area contributed by atoms with Crippen molar-refractivity contribution < 1.29 is 14.5 Å². The van der Waals surface area contributed by atoms with E-state index in [9.17, 15) is 19.7 Å². The Morgan fingerprint density at radius 1 is 0.966 bits per heavy atom. The van der Waals surface area contributed by atoms with E-state index in [2.05, 4.69) is 4.98 Å². The van der Waals surface area contributed by atoms with Crippen LogP contribution in [0.25, 0.3) is 16.9 Å². The van der Waals surface area contributed by atoms with E-state index in [1.165, 1.54) is 34.9 Å². The number of hydrogen-bond acceptors (Lipinski definition) is 6. The number of nitro benzene ring substituents is 1. The number of non-ortho nitro benzene ring substituents is 1. The van der Waals surface area contributed by atoms with Crippen molar-refractivity contribution in [3.05, 3.63) is 105 Å². The van der Waals surface area contributed by atoms with Gasteiger partial charge in [-0.25, -0.2) is 9.78 Å². The summed E-state index contributed by atoms with van der Waals surface area (Å²) in [6.45, 7) is 0. The molecule has 0 saturated carbocycles. The normalized spacial score (nSPS) is 10.6. The molecule has 2 aromatic carbocycles. The lowest BCUT2D eigenvalue weighted by Crippen LogP contribution is -2.22. The van der Waals surface area contributed by atoms with Gasteiger partial charge in [0.15, 0.2) is 0 Å². The van der Waals surface area contributed by atoms with Crippen molar-refractivity contribution in [1.29, 1.82) is 0 Å². The van der Waals surface area contributed by atoms with Crippen LogP contribution in [0, 0.1) is 10.1 Å². The molecule has 142 valence electrons. The fourth-order valence-electron chi connectivity index (χ4n) is 2.83. The van der Waals surface area contributed by atoms with Crippen LogP contribution >= 0.6 is 0 Å². The van der Waals surface area contributed by atoms with Crippen LogP contribution in [0.5, 0.6) is 5.75 Å². The minimum absolute atomic E-state index is 0.0761. The standard InChI is InChI=1S/C21H13N3O5/c25-20-19(29-21(26)15-9-11-16(12-10-15)24(27)28)18(14-6-2-1-3-7-14)22-17-8-4-5-13-23(17)20/h1-13H. The summed E-state index contributed by atoms with van der Waals surface area (Å²) in [5, 5.41) is 10.8. The minimum atomic E-state index is -0.813. The number of carbonyl (C=O) groups is 1. The molecule has 0 spiro atoms. The first-order valence-electron chi connectivity index (χ1n) is 8.58. The van der Waals surface area contributed by atoms with Crippen molar-refractivity contribution in [2.24, 2.45) is 0 Å². The molecule has 29 heavy (non-hydrogen) atoms. The molecular weight excluding hydrogens is 374 g/mol. The van der Waals surface area contributed by atoms with Crippen LogP contribution in [0.2, 0.25) is 0 Å². The van der Waals surface area contributed by atoms with Gasteiger partial charge in [0.1, 0.15) is 11.3 Å². The van der Waals surface area contributed by atoms with Crippen molar-refractivity contribution in [1.82, 2.24) is 9.38 Å². The Balaban J connectivity index is 1.81. The van der Waals surface area contributed by atoms with E-state index in [4.69, 9.17) is 4.74 Å². The SMILES string of the molecule is O=C(Oc1c(-c2ccccc2)nc2ccccn2c1=O)c1ccc([N+](=O)[O-])cc1. The maximum atomic E-state index is 13.0. The first-order chi connectivity index (χ1) is 14.0. The largest absolute Gasteiger partial charge is 0.415 e. The van der Waals surface area contributed by atoms with Crippen LogP contribution in [0.3, 0.4) is 0 Å². The number of benzene rings is 2. The highest BCUT2D eigenvalue weighted by atomic mass is 16.6. The molecular formula is C21H13N3O5. The van der Waals surface area contributed by atoms with Crippen LogP contribution in [0.4, 0.5) is 5.69 Å². The van der Waals surface area contributed by atoms with Gasteiger partial charge in [0.25, 0.3) is 5.69 Å². The molecule has 0 saturated heterocycles. The molecule has 0 aliphatic heterocycles. The predicted octanol–water partition coefficient (Wildman–Crippen LogP) is 3.49. The zero-order valence-electron chi connectivity index (χ0n) is 14.9. The average Bonchev–Trinajstić information content (AvgIpc) is 2.76. The minimum Gasteiger partial charge on any atom is -0.415 e. The van der Waals surface area contributed by atoms with Gasteiger partial charge in [-0.3, -0.25) is 19.3 Å². The molecule has 0 amide bonds. The molecule has 0 N–H and O–H groups in total. The maximum Gasteiger partial charge on any atom is 0.343 e. The Morgan fingerprint density at radius 3 is 2.34 bits per heavy atom. The lowest BCUT2D eigenvalue weighted by atomic mass is 10.1. The Hall–Kier alpha value is -4.33.